The highest BCUT2D eigenvalue weighted by Gasteiger charge is 2.23. The lowest BCUT2D eigenvalue weighted by atomic mass is 10.0. The lowest BCUT2D eigenvalue weighted by molar-refractivity contribution is -0.118. The molecule has 2 amide bonds. The number of hydrogen-bond acceptors (Lipinski definition) is 5. The van der Waals surface area contributed by atoms with Gasteiger partial charge in [0.2, 0.25) is 5.91 Å². The summed E-state index contributed by atoms with van der Waals surface area (Å²) in [5, 5.41) is 14.4. The van der Waals surface area contributed by atoms with Gasteiger partial charge >= 0.3 is 0 Å². The van der Waals surface area contributed by atoms with Crippen molar-refractivity contribution in [3.05, 3.63) is 71.1 Å². The highest BCUT2D eigenvalue weighted by molar-refractivity contribution is 6.30. The number of amides is 2. The summed E-state index contributed by atoms with van der Waals surface area (Å²) in [4.78, 5) is 28.7. The normalized spacial score (nSPS) is 12.0. The Balaban J connectivity index is 1.67. The Labute approximate surface area is 169 Å². The molecule has 9 nitrogen and oxygen atoms in total. The van der Waals surface area contributed by atoms with Gasteiger partial charge in [0.05, 0.1) is 35.6 Å². The van der Waals surface area contributed by atoms with Crippen LogP contribution in [0, 0.1) is 0 Å². The summed E-state index contributed by atoms with van der Waals surface area (Å²) < 4.78 is 1.60. The molecule has 0 aliphatic rings. The van der Waals surface area contributed by atoms with Crippen LogP contribution in [0.1, 0.15) is 28.4 Å². The van der Waals surface area contributed by atoms with Gasteiger partial charge in [-0.25, -0.2) is 9.50 Å². The fourth-order valence-electron chi connectivity index (χ4n) is 3.10. The molecule has 0 saturated carbocycles. The Bertz CT molecular complexity index is 1200. The maximum absolute atomic E-state index is 13.0. The highest BCUT2D eigenvalue weighted by Crippen LogP contribution is 2.24. The number of fused-ring (bicyclic) bond motifs is 1. The molecule has 0 saturated heterocycles. The van der Waals surface area contributed by atoms with E-state index < -0.39 is 17.9 Å². The Morgan fingerprint density at radius 3 is 2.86 bits per heavy atom. The molecule has 0 radical (unpaired) electrons. The number of aromatic amines is 1. The molecule has 10 heteroatoms. The van der Waals surface area contributed by atoms with Crippen LogP contribution in [0.15, 0.2) is 55.0 Å². The summed E-state index contributed by atoms with van der Waals surface area (Å²) in [6.45, 7) is 0. The maximum atomic E-state index is 13.0. The van der Waals surface area contributed by atoms with Crippen molar-refractivity contribution in [1.29, 1.82) is 0 Å². The summed E-state index contributed by atoms with van der Waals surface area (Å²) in [5.74, 6) is -0.966. The third kappa shape index (κ3) is 3.81. The third-order valence-corrected chi connectivity index (χ3v) is 4.64. The van der Waals surface area contributed by atoms with Crippen LogP contribution in [0.2, 0.25) is 5.02 Å². The van der Waals surface area contributed by atoms with E-state index in [4.69, 9.17) is 17.3 Å². The van der Waals surface area contributed by atoms with Gasteiger partial charge in [0.25, 0.3) is 5.91 Å². The van der Waals surface area contributed by atoms with Gasteiger partial charge in [-0.15, -0.1) is 0 Å². The van der Waals surface area contributed by atoms with Crippen LogP contribution in [-0.2, 0) is 4.79 Å². The van der Waals surface area contributed by atoms with Crippen molar-refractivity contribution in [2.45, 2.75) is 12.5 Å². The number of carbonyl (C=O) groups is 2. The number of hydrogen-bond donors (Lipinski definition) is 3. The van der Waals surface area contributed by atoms with Crippen molar-refractivity contribution < 1.29 is 9.59 Å². The molecule has 0 aliphatic carbocycles. The number of aromatic nitrogens is 5. The monoisotopic (exact) mass is 409 g/mol. The molecule has 4 aromatic rings. The molecule has 0 aliphatic heterocycles. The van der Waals surface area contributed by atoms with Gasteiger partial charge in [-0.05, 0) is 29.8 Å². The van der Waals surface area contributed by atoms with E-state index >= 15 is 0 Å². The average molecular weight is 410 g/mol. The summed E-state index contributed by atoms with van der Waals surface area (Å²) in [7, 11) is 0. The summed E-state index contributed by atoms with van der Waals surface area (Å²) in [5.41, 5.74) is 8.07. The van der Waals surface area contributed by atoms with E-state index in [9.17, 15) is 9.59 Å². The van der Waals surface area contributed by atoms with Gasteiger partial charge in [-0.1, -0.05) is 29.8 Å². The Hall–Kier alpha value is -3.72. The van der Waals surface area contributed by atoms with Gasteiger partial charge < -0.3 is 11.1 Å². The lowest BCUT2D eigenvalue weighted by Gasteiger charge is -2.18. The minimum absolute atomic E-state index is 0.0715. The molecule has 29 heavy (non-hydrogen) atoms. The predicted octanol–water partition coefficient (Wildman–Crippen LogP) is 2.12. The largest absolute Gasteiger partial charge is 0.370 e. The zero-order valence-electron chi connectivity index (χ0n) is 15.0. The van der Waals surface area contributed by atoms with E-state index in [1.54, 1.807) is 40.9 Å². The number of halogens is 1. The molecular formula is C19H16ClN7O2. The molecule has 4 N–H and O–H groups in total. The van der Waals surface area contributed by atoms with Crippen LogP contribution in [-0.4, -0.2) is 36.6 Å². The average Bonchev–Trinajstić information content (AvgIpc) is 3.36. The van der Waals surface area contributed by atoms with Crippen molar-refractivity contribution in [2.75, 3.05) is 0 Å². The quantitative estimate of drug-likeness (QED) is 0.449. The number of H-pyrrole nitrogens is 1. The van der Waals surface area contributed by atoms with Crippen molar-refractivity contribution in [2.24, 2.45) is 5.73 Å². The Kier molecular flexibility index (Phi) is 4.96. The van der Waals surface area contributed by atoms with Gasteiger partial charge in [-0.2, -0.15) is 10.2 Å². The summed E-state index contributed by atoms with van der Waals surface area (Å²) in [6.07, 6.45) is 2.77. The number of nitrogens with one attached hydrogen (secondary N) is 2. The molecule has 3 heterocycles. The standard InChI is InChI=1S/C19H16ClN7O2/c20-12-4-1-3-11(7-12)14(8-16(21)28)25-19(29)13-9-23-26-18(13)15-5-2-6-17-22-10-24-27(15)17/h1-7,9-10,14H,8H2,(H2,21,28)(H,23,26)(H,25,29)/t14-/m0/s1. The number of primary amides is 1. The van der Waals surface area contributed by atoms with E-state index in [1.807, 2.05) is 6.07 Å². The molecule has 0 bridgehead atoms. The first-order valence-electron chi connectivity index (χ1n) is 8.70. The van der Waals surface area contributed by atoms with Crippen LogP contribution < -0.4 is 11.1 Å². The topological polar surface area (TPSA) is 131 Å². The van der Waals surface area contributed by atoms with Gasteiger partial charge in [0.1, 0.15) is 6.33 Å². The highest BCUT2D eigenvalue weighted by atomic mass is 35.5. The van der Waals surface area contributed by atoms with E-state index in [0.29, 0.717) is 33.2 Å². The summed E-state index contributed by atoms with van der Waals surface area (Å²) in [6, 6.07) is 11.7. The first-order chi connectivity index (χ1) is 14.0. The number of nitrogens with two attached hydrogens (primary N) is 1. The molecule has 0 spiro atoms. The first-order valence-corrected chi connectivity index (χ1v) is 9.08. The summed E-state index contributed by atoms with van der Waals surface area (Å²) >= 11 is 6.05. The Morgan fingerprint density at radius 2 is 2.07 bits per heavy atom. The van der Waals surface area contributed by atoms with Gasteiger partial charge in [0, 0.05) is 5.02 Å². The second kappa shape index (κ2) is 7.72. The minimum atomic E-state index is -0.636. The molecular weight excluding hydrogens is 394 g/mol. The minimum Gasteiger partial charge on any atom is -0.370 e. The SMILES string of the molecule is NC(=O)C[C@H](NC(=O)c1cn[nH]c1-c1cccc2ncnn12)c1cccc(Cl)c1. The van der Waals surface area contributed by atoms with E-state index in [0.717, 1.165) is 0 Å². The predicted molar refractivity (Wildman–Crippen MR) is 106 cm³/mol. The number of nitrogens with zero attached hydrogens (tertiary/aromatic N) is 4. The van der Waals surface area contributed by atoms with E-state index in [2.05, 4.69) is 25.6 Å². The molecule has 1 aromatic carbocycles. The second-order valence-electron chi connectivity index (χ2n) is 6.35. The first kappa shape index (κ1) is 18.6. The molecule has 4 rings (SSSR count). The Morgan fingerprint density at radius 1 is 1.24 bits per heavy atom. The number of pyridine rings is 1. The van der Waals surface area contributed by atoms with Crippen LogP contribution in [0.5, 0.6) is 0 Å². The maximum Gasteiger partial charge on any atom is 0.255 e. The lowest BCUT2D eigenvalue weighted by Crippen LogP contribution is -2.32. The third-order valence-electron chi connectivity index (χ3n) is 4.40. The zero-order valence-corrected chi connectivity index (χ0v) is 15.8. The van der Waals surface area contributed by atoms with Gasteiger partial charge in [-0.3, -0.25) is 14.7 Å². The van der Waals surface area contributed by atoms with E-state index in [1.165, 1.54) is 12.5 Å². The molecule has 0 unspecified atom stereocenters. The van der Waals surface area contributed by atoms with Gasteiger partial charge in [0.15, 0.2) is 5.65 Å². The molecule has 1 atom stereocenters. The van der Waals surface area contributed by atoms with Crippen molar-refractivity contribution in [1.82, 2.24) is 30.1 Å². The van der Waals surface area contributed by atoms with Crippen molar-refractivity contribution >= 4 is 29.1 Å². The smallest absolute Gasteiger partial charge is 0.255 e. The fraction of sp³-hybridized carbons (Fsp3) is 0.105. The van der Waals surface area contributed by atoms with Crippen molar-refractivity contribution in [3.63, 3.8) is 0 Å². The molecule has 0 fully saturated rings. The number of rotatable bonds is 6. The molecule has 146 valence electrons. The van der Waals surface area contributed by atoms with E-state index in [-0.39, 0.29) is 6.42 Å². The van der Waals surface area contributed by atoms with Crippen LogP contribution in [0.25, 0.3) is 17.0 Å². The van der Waals surface area contributed by atoms with Crippen molar-refractivity contribution in [3.8, 4) is 11.4 Å². The zero-order chi connectivity index (χ0) is 20.4. The second-order valence-corrected chi connectivity index (χ2v) is 6.79. The fourth-order valence-corrected chi connectivity index (χ4v) is 3.30. The van der Waals surface area contributed by atoms with Crippen LogP contribution >= 0.6 is 11.6 Å². The number of benzene rings is 1. The van der Waals surface area contributed by atoms with Crippen LogP contribution in [0.3, 0.4) is 0 Å². The number of carbonyl (C=O) groups excluding carboxylic acids is 2. The van der Waals surface area contributed by atoms with Crippen LogP contribution in [0.4, 0.5) is 0 Å². The molecule has 3 aromatic heterocycles.